The Morgan fingerprint density at radius 3 is 2.86 bits per heavy atom. The molecule has 1 saturated heterocycles. The van der Waals surface area contributed by atoms with Crippen LogP contribution in [0.15, 0.2) is 30.3 Å². The normalized spacial score (nSPS) is 18.9. The van der Waals surface area contributed by atoms with Gasteiger partial charge in [-0.1, -0.05) is 18.2 Å². The van der Waals surface area contributed by atoms with Crippen LogP contribution in [0.25, 0.3) is 6.08 Å². The van der Waals surface area contributed by atoms with Crippen molar-refractivity contribution in [3.05, 3.63) is 41.7 Å². The number of likely N-dealkylation sites (tertiary alicyclic amines) is 1. The largest absolute Gasteiger partial charge is 0.481 e. The molecule has 1 fully saturated rings. The van der Waals surface area contributed by atoms with Gasteiger partial charge in [0.2, 0.25) is 5.91 Å². The number of hydrogen-bond donors (Lipinski definition) is 1. The van der Waals surface area contributed by atoms with E-state index in [-0.39, 0.29) is 24.1 Å². The van der Waals surface area contributed by atoms with E-state index < -0.39 is 5.97 Å². The van der Waals surface area contributed by atoms with Crippen molar-refractivity contribution in [1.29, 1.82) is 0 Å². The maximum atomic E-state index is 13.4. The van der Waals surface area contributed by atoms with Gasteiger partial charge < -0.3 is 10.0 Å². The summed E-state index contributed by atoms with van der Waals surface area (Å²) in [6.07, 6.45) is 4.52. The van der Waals surface area contributed by atoms with E-state index in [0.717, 1.165) is 12.8 Å². The number of rotatable bonds is 4. The summed E-state index contributed by atoms with van der Waals surface area (Å²) >= 11 is 0. The number of nitrogens with zero attached hydrogens (tertiary/aromatic N) is 1. The van der Waals surface area contributed by atoms with Gasteiger partial charge in [-0.25, -0.2) is 4.39 Å². The van der Waals surface area contributed by atoms with E-state index in [1.807, 2.05) is 0 Å². The van der Waals surface area contributed by atoms with E-state index in [1.54, 1.807) is 23.1 Å². The highest BCUT2D eigenvalue weighted by Gasteiger charge is 2.24. The number of carboxylic acids is 1. The predicted molar refractivity (Wildman–Crippen MR) is 77.0 cm³/mol. The van der Waals surface area contributed by atoms with Gasteiger partial charge in [0.05, 0.1) is 0 Å². The van der Waals surface area contributed by atoms with Gasteiger partial charge in [-0.3, -0.25) is 9.59 Å². The maximum absolute atomic E-state index is 13.4. The lowest BCUT2D eigenvalue weighted by Crippen LogP contribution is -2.39. The van der Waals surface area contributed by atoms with Gasteiger partial charge in [-0.15, -0.1) is 0 Å². The second kappa shape index (κ2) is 7.02. The molecule has 0 saturated carbocycles. The first kappa shape index (κ1) is 15.2. The summed E-state index contributed by atoms with van der Waals surface area (Å²) in [5.41, 5.74) is 0.366. The number of amides is 1. The molecule has 1 N–H and O–H groups in total. The Morgan fingerprint density at radius 1 is 1.38 bits per heavy atom. The third-order valence-electron chi connectivity index (χ3n) is 3.60. The van der Waals surface area contributed by atoms with Gasteiger partial charge in [0.15, 0.2) is 0 Å². The van der Waals surface area contributed by atoms with Crippen LogP contribution in [0.4, 0.5) is 4.39 Å². The van der Waals surface area contributed by atoms with Crippen LogP contribution >= 0.6 is 0 Å². The highest BCUT2D eigenvalue weighted by atomic mass is 19.1. The molecule has 5 heteroatoms. The topological polar surface area (TPSA) is 57.6 Å². The molecule has 1 aliphatic heterocycles. The van der Waals surface area contributed by atoms with E-state index in [1.165, 1.54) is 18.2 Å². The predicted octanol–water partition coefficient (Wildman–Crippen LogP) is 2.55. The summed E-state index contributed by atoms with van der Waals surface area (Å²) in [6, 6.07) is 6.24. The molecule has 1 heterocycles. The first-order valence-corrected chi connectivity index (χ1v) is 6.99. The zero-order valence-electron chi connectivity index (χ0n) is 11.7. The molecular weight excluding hydrogens is 273 g/mol. The molecule has 1 unspecified atom stereocenters. The molecule has 4 nitrogen and oxygen atoms in total. The molecule has 112 valence electrons. The van der Waals surface area contributed by atoms with Crippen LogP contribution in [-0.2, 0) is 9.59 Å². The summed E-state index contributed by atoms with van der Waals surface area (Å²) in [6.45, 7) is 1.07. The van der Waals surface area contributed by atoms with Crippen molar-refractivity contribution in [2.45, 2.75) is 19.3 Å². The SMILES string of the molecule is O=C(O)CC1CCCN(C(=O)C=Cc2ccccc2F)C1. The third kappa shape index (κ3) is 4.41. The Labute approximate surface area is 122 Å². The molecule has 1 atom stereocenters. The molecule has 1 aromatic rings. The van der Waals surface area contributed by atoms with Gasteiger partial charge >= 0.3 is 5.97 Å². The molecule has 0 aliphatic carbocycles. The number of carboxylic acid groups (broad SMARTS) is 1. The molecule has 1 aliphatic rings. The molecule has 0 radical (unpaired) electrons. The van der Waals surface area contributed by atoms with Gasteiger partial charge in [-0.2, -0.15) is 0 Å². The monoisotopic (exact) mass is 291 g/mol. The Bertz CT molecular complexity index is 556. The van der Waals surface area contributed by atoms with E-state index in [0.29, 0.717) is 18.7 Å². The molecule has 0 aromatic heterocycles. The lowest BCUT2D eigenvalue weighted by atomic mass is 9.95. The van der Waals surface area contributed by atoms with Crippen molar-refractivity contribution in [3.63, 3.8) is 0 Å². The Kier molecular flexibility index (Phi) is 5.09. The number of halogens is 1. The van der Waals surface area contributed by atoms with Gasteiger partial charge in [0, 0.05) is 31.1 Å². The summed E-state index contributed by atoms with van der Waals surface area (Å²) < 4.78 is 13.4. The number of carbonyl (C=O) groups excluding carboxylic acids is 1. The number of piperidine rings is 1. The smallest absolute Gasteiger partial charge is 0.303 e. The third-order valence-corrected chi connectivity index (χ3v) is 3.60. The lowest BCUT2D eigenvalue weighted by molar-refractivity contribution is -0.139. The first-order valence-electron chi connectivity index (χ1n) is 6.99. The Balaban J connectivity index is 1.96. The number of carbonyl (C=O) groups is 2. The molecule has 2 rings (SSSR count). The van der Waals surface area contributed by atoms with Crippen LogP contribution in [0.3, 0.4) is 0 Å². The maximum Gasteiger partial charge on any atom is 0.303 e. The second-order valence-electron chi connectivity index (χ2n) is 5.25. The van der Waals surface area contributed by atoms with Crippen LogP contribution in [-0.4, -0.2) is 35.0 Å². The van der Waals surface area contributed by atoms with E-state index in [4.69, 9.17) is 5.11 Å². The first-order chi connectivity index (χ1) is 10.1. The summed E-state index contributed by atoms with van der Waals surface area (Å²) in [5.74, 6) is -1.41. The van der Waals surface area contributed by atoms with Crippen molar-refractivity contribution in [3.8, 4) is 0 Å². The molecule has 0 spiro atoms. The standard InChI is InChI=1S/C16H18FNO3/c17-14-6-2-1-5-13(14)7-8-15(19)18-9-3-4-12(11-18)10-16(20)21/h1-2,5-8,12H,3-4,9-11H2,(H,20,21). The average Bonchev–Trinajstić information content (AvgIpc) is 2.45. The molecule has 1 aromatic carbocycles. The van der Waals surface area contributed by atoms with Crippen LogP contribution in [0.2, 0.25) is 0 Å². The van der Waals surface area contributed by atoms with Gasteiger partial charge in [-0.05, 0) is 30.9 Å². The Hall–Kier alpha value is -2.17. The van der Waals surface area contributed by atoms with Crippen molar-refractivity contribution in [2.24, 2.45) is 5.92 Å². The highest BCUT2D eigenvalue weighted by molar-refractivity contribution is 5.91. The van der Waals surface area contributed by atoms with Crippen molar-refractivity contribution in [1.82, 2.24) is 4.90 Å². The highest BCUT2D eigenvalue weighted by Crippen LogP contribution is 2.20. The minimum Gasteiger partial charge on any atom is -0.481 e. The average molecular weight is 291 g/mol. The van der Waals surface area contributed by atoms with Crippen molar-refractivity contribution in [2.75, 3.05) is 13.1 Å². The van der Waals surface area contributed by atoms with Crippen molar-refractivity contribution < 1.29 is 19.1 Å². The van der Waals surface area contributed by atoms with Gasteiger partial charge in [0.25, 0.3) is 0 Å². The molecular formula is C16H18FNO3. The molecule has 21 heavy (non-hydrogen) atoms. The van der Waals surface area contributed by atoms with Crippen LogP contribution in [0.5, 0.6) is 0 Å². The fourth-order valence-electron chi connectivity index (χ4n) is 2.56. The second-order valence-corrected chi connectivity index (χ2v) is 5.25. The van der Waals surface area contributed by atoms with E-state index in [9.17, 15) is 14.0 Å². The number of benzene rings is 1. The zero-order valence-corrected chi connectivity index (χ0v) is 11.7. The fourth-order valence-corrected chi connectivity index (χ4v) is 2.56. The van der Waals surface area contributed by atoms with Crippen molar-refractivity contribution >= 4 is 18.0 Å². The van der Waals surface area contributed by atoms with Crippen LogP contribution < -0.4 is 0 Å². The van der Waals surface area contributed by atoms with Gasteiger partial charge in [0.1, 0.15) is 5.82 Å². The summed E-state index contributed by atoms with van der Waals surface area (Å²) in [7, 11) is 0. The summed E-state index contributed by atoms with van der Waals surface area (Å²) in [5, 5.41) is 8.81. The van der Waals surface area contributed by atoms with E-state index in [2.05, 4.69) is 0 Å². The molecule has 0 bridgehead atoms. The fraction of sp³-hybridized carbons (Fsp3) is 0.375. The van der Waals surface area contributed by atoms with Crippen LogP contribution in [0, 0.1) is 11.7 Å². The number of aliphatic carboxylic acids is 1. The zero-order chi connectivity index (χ0) is 15.2. The van der Waals surface area contributed by atoms with Crippen LogP contribution in [0.1, 0.15) is 24.8 Å². The van der Waals surface area contributed by atoms with E-state index >= 15 is 0 Å². The number of hydrogen-bond acceptors (Lipinski definition) is 2. The Morgan fingerprint density at radius 2 is 2.14 bits per heavy atom. The molecule has 1 amide bonds. The lowest BCUT2D eigenvalue weighted by Gasteiger charge is -2.31. The quantitative estimate of drug-likeness (QED) is 0.867. The minimum absolute atomic E-state index is 0.00191. The summed E-state index contributed by atoms with van der Waals surface area (Å²) in [4.78, 5) is 24.4. The minimum atomic E-state index is -0.837.